The van der Waals surface area contributed by atoms with Crippen molar-refractivity contribution >= 4 is 27.1 Å². The Labute approximate surface area is 184 Å². The number of rotatable bonds is 8. The summed E-state index contributed by atoms with van der Waals surface area (Å²) in [6, 6.07) is 14.5. The van der Waals surface area contributed by atoms with Crippen LogP contribution in [0.2, 0.25) is 32.7 Å². The molecule has 2 aromatic carbocycles. The highest BCUT2D eigenvalue weighted by atomic mass is 28.3. The van der Waals surface area contributed by atoms with Gasteiger partial charge in [-0.3, -0.25) is 0 Å². The van der Waals surface area contributed by atoms with Crippen molar-refractivity contribution in [2.24, 2.45) is 0 Å². The minimum atomic E-state index is -1.74. The summed E-state index contributed by atoms with van der Waals surface area (Å²) in [5.41, 5.74) is 5.80. The number of allylic oxidation sites excluding steroid dienone is 1. The maximum atomic E-state index is 6.32. The monoisotopic (exact) mass is 436 g/mol. The van der Waals surface area contributed by atoms with Gasteiger partial charge in [0.05, 0.1) is 23.3 Å². The number of fused-ring (bicyclic) bond motifs is 1. The molecule has 0 aliphatic heterocycles. The first-order valence-corrected chi connectivity index (χ1v) is 17.6. The predicted molar refractivity (Wildman–Crippen MR) is 135 cm³/mol. The van der Waals surface area contributed by atoms with Crippen LogP contribution in [0.25, 0.3) is 5.76 Å². The lowest BCUT2D eigenvalue weighted by molar-refractivity contribution is 0.363. The van der Waals surface area contributed by atoms with Crippen LogP contribution in [0.5, 0.6) is 5.75 Å². The van der Waals surface area contributed by atoms with E-state index in [2.05, 4.69) is 88.7 Å². The van der Waals surface area contributed by atoms with E-state index >= 15 is 0 Å². The third kappa shape index (κ3) is 4.50. The lowest BCUT2D eigenvalue weighted by Gasteiger charge is -2.32. The van der Waals surface area contributed by atoms with Crippen LogP contribution in [0.15, 0.2) is 55.1 Å². The molecule has 160 valence electrons. The summed E-state index contributed by atoms with van der Waals surface area (Å²) in [6.45, 7) is 18.8. The van der Waals surface area contributed by atoms with E-state index in [4.69, 9.17) is 9.47 Å². The molecule has 0 bridgehead atoms. The zero-order valence-corrected chi connectivity index (χ0v) is 21.6. The molecule has 1 unspecified atom stereocenters. The third-order valence-corrected chi connectivity index (χ3v) is 11.5. The third-order valence-electron chi connectivity index (χ3n) is 6.05. The predicted octanol–water partition coefficient (Wildman–Crippen LogP) is 6.22. The zero-order chi connectivity index (χ0) is 22.1. The van der Waals surface area contributed by atoms with Gasteiger partial charge in [-0.25, -0.2) is 0 Å². The molecule has 0 spiro atoms. The average molecular weight is 437 g/mol. The normalized spacial score (nSPS) is 16.1. The Hall–Kier alpha value is -2.05. The van der Waals surface area contributed by atoms with Crippen molar-refractivity contribution < 1.29 is 9.47 Å². The van der Waals surface area contributed by atoms with Crippen molar-refractivity contribution in [3.05, 3.63) is 77.4 Å². The van der Waals surface area contributed by atoms with E-state index in [0.29, 0.717) is 12.1 Å². The molecule has 3 rings (SSSR count). The highest BCUT2D eigenvalue weighted by Crippen LogP contribution is 2.43. The van der Waals surface area contributed by atoms with Crippen LogP contribution in [0.3, 0.4) is 0 Å². The molecule has 2 aromatic rings. The molecule has 1 aliphatic carbocycles. The van der Waals surface area contributed by atoms with Gasteiger partial charge in [0.1, 0.15) is 18.1 Å². The zero-order valence-electron chi connectivity index (χ0n) is 19.6. The van der Waals surface area contributed by atoms with E-state index in [9.17, 15) is 0 Å². The van der Waals surface area contributed by atoms with Gasteiger partial charge in [0.15, 0.2) is 0 Å². The molecule has 30 heavy (non-hydrogen) atoms. The Morgan fingerprint density at radius 3 is 2.40 bits per heavy atom. The molecular formula is C26H36O2Si2. The molecule has 1 atom stereocenters. The van der Waals surface area contributed by atoms with Crippen LogP contribution in [0, 0.1) is 6.92 Å². The summed E-state index contributed by atoms with van der Waals surface area (Å²) in [5, 5.41) is 1.42. The van der Waals surface area contributed by atoms with Crippen LogP contribution < -0.4 is 9.92 Å². The van der Waals surface area contributed by atoms with E-state index in [1.165, 1.54) is 27.4 Å². The van der Waals surface area contributed by atoms with Gasteiger partial charge in [0.2, 0.25) is 0 Å². The minimum Gasteiger partial charge on any atom is -0.496 e. The average Bonchev–Trinajstić information content (AvgIpc) is 3.05. The molecule has 0 saturated heterocycles. The molecule has 0 fully saturated rings. The molecule has 0 saturated carbocycles. The van der Waals surface area contributed by atoms with Gasteiger partial charge < -0.3 is 9.47 Å². The van der Waals surface area contributed by atoms with Gasteiger partial charge in [0.25, 0.3) is 0 Å². The highest BCUT2D eigenvalue weighted by Gasteiger charge is 2.38. The van der Waals surface area contributed by atoms with E-state index in [1.807, 2.05) is 6.08 Å². The van der Waals surface area contributed by atoms with Crippen molar-refractivity contribution in [1.82, 2.24) is 0 Å². The highest BCUT2D eigenvalue weighted by molar-refractivity contribution is 6.89. The number of aryl methyl sites for hydroxylation is 1. The molecule has 0 aromatic heterocycles. The number of methoxy groups -OCH3 is 1. The Kier molecular flexibility index (Phi) is 6.49. The standard InChI is InChI=1S/C26H36O2Si2/c1-9-14-28-26-20(15-19(2)16-25(26)29(4,5)6)18-30(7,8)24-17-23(27-3)21-12-10-11-13-22(21)24/h9-13,15-17,24H,1,14,18H2,2-8H3. The smallest absolute Gasteiger partial charge is 0.122 e. The van der Waals surface area contributed by atoms with Crippen LogP contribution >= 0.6 is 0 Å². The second kappa shape index (κ2) is 8.60. The largest absolute Gasteiger partial charge is 0.496 e. The fraction of sp³-hybridized carbons (Fsp3) is 0.385. The Morgan fingerprint density at radius 2 is 1.77 bits per heavy atom. The Balaban J connectivity index is 2.06. The van der Waals surface area contributed by atoms with E-state index in [0.717, 1.165) is 17.6 Å². The molecule has 4 heteroatoms. The quantitative estimate of drug-likeness (QED) is 0.361. The first-order valence-electron chi connectivity index (χ1n) is 10.8. The first-order chi connectivity index (χ1) is 14.1. The summed E-state index contributed by atoms with van der Waals surface area (Å²) >= 11 is 0. The molecule has 0 heterocycles. The second-order valence-corrected chi connectivity index (χ2v) is 20.1. The van der Waals surface area contributed by atoms with Crippen LogP contribution in [-0.4, -0.2) is 29.9 Å². The van der Waals surface area contributed by atoms with Crippen molar-refractivity contribution in [2.45, 2.75) is 51.2 Å². The fourth-order valence-electron chi connectivity index (χ4n) is 4.60. The van der Waals surface area contributed by atoms with Gasteiger partial charge in [-0.1, -0.05) is 87.4 Å². The minimum absolute atomic E-state index is 0.437. The fourth-order valence-corrected chi connectivity index (χ4v) is 9.33. The van der Waals surface area contributed by atoms with Crippen LogP contribution in [0.4, 0.5) is 0 Å². The molecule has 1 aliphatic rings. The lowest BCUT2D eigenvalue weighted by Crippen LogP contribution is -2.41. The lowest BCUT2D eigenvalue weighted by atomic mass is 10.1. The molecular weight excluding hydrogens is 400 g/mol. The van der Waals surface area contributed by atoms with Gasteiger partial charge in [0, 0.05) is 11.1 Å². The second-order valence-electron chi connectivity index (χ2n) is 10.1. The summed E-state index contributed by atoms with van der Waals surface area (Å²) in [6.07, 6.45) is 4.21. The Morgan fingerprint density at radius 1 is 1.07 bits per heavy atom. The van der Waals surface area contributed by atoms with E-state index < -0.39 is 16.1 Å². The number of ether oxygens (including phenoxy) is 2. The van der Waals surface area contributed by atoms with Gasteiger partial charge in [-0.2, -0.15) is 0 Å². The summed E-state index contributed by atoms with van der Waals surface area (Å²) in [5.74, 6) is 2.13. The first kappa shape index (κ1) is 22.6. The van der Waals surface area contributed by atoms with E-state index in [-0.39, 0.29) is 0 Å². The van der Waals surface area contributed by atoms with Crippen molar-refractivity contribution in [3.63, 3.8) is 0 Å². The number of benzene rings is 2. The van der Waals surface area contributed by atoms with Gasteiger partial charge in [-0.15, -0.1) is 0 Å². The topological polar surface area (TPSA) is 18.5 Å². The van der Waals surface area contributed by atoms with E-state index in [1.54, 1.807) is 7.11 Å². The molecule has 2 nitrogen and oxygen atoms in total. The summed E-state index contributed by atoms with van der Waals surface area (Å²) in [7, 11) is -1.51. The van der Waals surface area contributed by atoms with Gasteiger partial charge >= 0.3 is 0 Å². The maximum Gasteiger partial charge on any atom is 0.122 e. The Bertz CT molecular complexity index is 967. The van der Waals surface area contributed by atoms with Crippen LogP contribution in [0.1, 0.15) is 27.8 Å². The van der Waals surface area contributed by atoms with Gasteiger partial charge in [-0.05, 0) is 35.4 Å². The molecule has 0 amide bonds. The maximum absolute atomic E-state index is 6.32. The summed E-state index contributed by atoms with van der Waals surface area (Å²) in [4.78, 5) is 0. The summed E-state index contributed by atoms with van der Waals surface area (Å²) < 4.78 is 12.0. The molecule has 0 radical (unpaired) electrons. The van der Waals surface area contributed by atoms with Crippen LogP contribution in [-0.2, 0) is 10.8 Å². The molecule has 0 N–H and O–H groups in total. The number of hydrogen-bond donors (Lipinski definition) is 0. The van der Waals surface area contributed by atoms with Crippen molar-refractivity contribution in [2.75, 3.05) is 13.7 Å². The van der Waals surface area contributed by atoms with Crippen molar-refractivity contribution in [3.8, 4) is 5.75 Å². The van der Waals surface area contributed by atoms with Crippen molar-refractivity contribution in [1.29, 1.82) is 0 Å². The SMILES string of the molecule is C=CCOc1c(C[Si](C)(C)C2C=C(OC)c3ccccc32)cc(C)cc1[Si](C)(C)C. The number of hydrogen-bond acceptors (Lipinski definition) is 2.